The van der Waals surface area contributed by atoms with Gasteiger partial charge >= 0.3 is 0 Å². The summed E-state index contributed by atoms with van der Waals surface area (Å²) in [4.78, 5) is 7.77. The molecule has 3 rings (SSSR count). The van der Waals surface area contributed by atoms with Gasteiger partial charge < -0.3 is 10.3 Å². The van der Waals surface area contributed by atoms with E-state index >= 15 is 0 Å². The quantitative estimate of drug-likeness (QED) is 0.723. The molecule has 1 aliphatic heterocycles. The monoisotopic (exact) mass is 199 g/mol. The number of nitrogens with zero attached hydrogens (tertiary/aromatic N) is 1. The smallest absolute Gasteiger partial charge is 0.130 e. The third kappa shape index (κ3) is 1.40. The lowest BCUT2D eigenvalue weighted by molar-refractivity contribution is 0.743. The number of benzene rings is 1. The van der Waals surface area contributed by atoms with Gasteiger partial charge in [-0.15, -0.1) is 0 Å². The average molecular weight is 199 g/mol. The molecule has 0 saturated heterocycles. The fraction of sp³-hybridized carbons (Fsp3) is 0.250. The van der Waals surface area contributed by atoms with Crippen molar-refractivity contribution in [1.29, 1.82) is 0 Å². The molecule has 0 spiro atoms. The van der Waals surface area contributed by atoms with E-state index in [0.29, 0.717) is 0 Å². The number of para-hydroxylation sites is 1. The minimum atomic E-state index is 0.932. The Labute approximate surface area is 88.2 Å². The molecule has 0 aliphatic carbocycles. The average Bonchev–Trinajstić information content (AvgIpc) is 2.74. The van der Waals surface area contributed by atoms with E-state index < -0.39 is 0 Å². The van der Waals surface area contributed by atoms with Gasteiger partial charge in [-0.25, -0.2) is 0 Å². The molecule has 2 aromatic rings. The van der Waals surface area contributed by atoms with Crippen molar-refractivity contribution in [2.24, 2.45) is 4.99 Å². The first-order valence-corrected chi connectivity index (χ1v) is 5.30. The van der Waals surface area contributed by atoms with Crippen LogP contribution < -0.4 is 5.32 Å². The summed E-state index contributed by atoms with van der Waals surface area (Å²) in [7, 11) is 0. The Morgan fingerprint density at radius 2 is 2.13 bits per heavy atom. The molecule has 1 aliphatic rings. The van der Waals surface area contributed by atoms with Crippen LogP contribution in [0, 0.1) is 0 Å². The zero-order chi connectivity index (χ0) is 10.1. The molecule has 15 heavy (non-hydrogen) atoms. The second-order valence-corrected chi connectivity index (χ2v) is 3.76. The summed E-state index contributed by atoms with van der Waals surface area (Å²) in [5.41, 5.74) is 2.35. The number of aromatic nitrogens is 1. The summed E-state index contributed by atoms with van der Waals surface area (Å²) < 4.78 is 0. The molecular weight excluding hydrogens is 186 g/mol. The van der Waals surface area contributed by atoms with Crippen LogP contribution in [0.3, 0.4) is 0 Å². The molecule has 0 atom stereocenters. The van der Waals surface area contributed by atoms with E-state index in [1.807, 2.05) is 12.3 Å². The Hall–Kier alpha value is -1.77. The van der Waals surface area contributed by atoms with Crippen molar-refractivity contribution in [1.82, 2.24) is 10.3 Å². The molecule has 1 aromatic heterocycles. The second-order valence-electron chi connectivity index (χ2n) is 3.76. The van der Waals surface area contributed by atoms with Crippen molar-refractivity contribution in [3.63, 3.8) is 0 Å². The van der Waals surface area contributed by atoms with E-state index in [1.165, 1.54) is 16.5 Å². The first kappa shape index (κ1) is 8.53. The molecule has 3 nitrogen and oxygen atoms in total. The van der Waals surface area contributed by atoms with E-state index in [2.05, 4.69) is 33.5 Å². The Kier molecular flexibility index (Phi) is 1.95. The van der Waals surface area contributed by atoms with Gasteiger partial charge in [0.25, 0.3) is 0 Å². The number of aliphatic imine (C=N–C) groups is 1. The van der Waals surface area contributed by atoms with E-state index in [4.69, 9.17) is 0 Å². The van der Waals surface area contributed by atoms with E-state index in [1.54, 1.807) is 0 Å². The number of H-pyrrole nitrogens is 1. The molecule has 2 N–H and O–H groups in total. The molecule has 0 saturated carbocycles. The van der Waals surface area contributed by atoms with Crippen LogP contribution in [0.2, 0.25) is 0 Å². The highest BCUT2D eigenvalue weighted by molar-refractivity contribution is 6.09. The van der Waals surface area contributed by atoms with Crippen LogP contribution >= 0.6 is 0 Å². The fourth-order valence-electron chi connectivity index (χ4n) is 1.98. The van der Waals surface area contributed by atoms with E-state index in [0.717, 1.165) is 25.3 Å². The largest absolute Gasteiger partial charge is 0.370 e. The van der Waals surface area contributed by atoms with Crippen LogP contribution in [0.4, 0.5) is 0 Å². The lowest BCUT2D eigenvalue weighted by Gasteiger charge is -2.13. The van der Waals surface area contributed by atoms with Crippen LogP contribution in [0.25, 0.3) is 10.9 Å². The number of nitrogens with one attached hydrogen (secondary N) is 2. The Balaban J connectivity index is 2.14. The summed E-state index contributed by atoms with van der Waals surface area (Å²) in [6.45, 7) is 1.96. The molecule has 1 aromatic carbocycles. The van der Waals surface area contributed by atoms with Crippen molar-refractivity contribution < 1.29 is 0 Å². The number of aromatic amines is 1. The Morgan fingerprint density at radius 3 is 3.00 bits per heavy atom. The third-order valence-corrected chi connectivity index (χ3v) is 2.74. The zero-order valence-corrected chi connectivity index (χ0v) is 8.46. The maximum Gasteiger partial charge on any atom is 0.130 e. The van der Waals surface area contributed by atoms with Crippen molar-refractivity contribution in [3.8, 4) is 0 Å². The summed E-state index contributed by atoms with van der Waals surface area (Å²) in [6.07, 6.45) is 3.16. The topological polar surface area (TPSA) is 40.2 Å². The van der Waals surface area contributed by atoms with Crippen LogP contribution in [0.5, 0.6) is 0 Å². The lowest BCUT2D eigenvalue weighted by Crippen LogP contribution is -2.29. The van der Waals surface area contributed by atoms with Crippen LogP contribution in [0.15, 0.2) is 35.5 Å². The summed E-state index contributed by atoms with van der Waals surface area (Å²) in [5, 5.41) is 4.58. The van der Waals surface area contributed by atoms with Crippen LogP contribution in [-0.2, 0) is 0 Å². The van der Waals surface area contributed by atoms with Gasteiger partial charge in [-0.05, 0) is 12.5 Å². The highest BCUT2D eigenvalue weighted by Crippen LogP contribution is 2.18. The van der Waals surface area contributed by atoms with Gasteiger partial charge in [0.05, 0.1) is 0 Å². The van der Waals surface area contributed by atoms with Gasteiger partial charge in [0, 0.05) is 35.8 Å². The standard InChI is InChI=1S/C12H13N3/c1-2-5-11-9(4-1)10(8-15-11)12-13-6-3-7-14-12/h1-2,4-5,8,15H,3,6-7H2,(H,13,14). The first-order valence-electron chi connectivity index (χ1n) is 5.30. The van der Waals surface area contributed by atoms with Crippen molar-refractivity contribution in [2.75, 3.05) is 13.1 Å². The predicted molar refractivity (Wildman–Crippen MR) is 62.3 cm³/mol. The van der Waals surface area contributed by atoms with Crippen LogP contribution in [0.1, 0.15) is 12.0 Å². The molecule has 0 fully saturated rings. The highest BCUT2D eigenvalue weighted by Gasteiger charge is 2.11. The van der Waals surface area contributed by atoms with Gasteiger partial charge in [0.2, 0.25) is 0 Å². The molecule has 0 bridgehead atoms. The molecule has 0 radical (unpaired) electrons. The molecule has 3 heteroatoms. The predicted octanol–water partition coefficient (Wildman–Crippen LogP) is 1.91. The van der Waals surface area contributed by atoms with Gasteiger partial charge in [0.1, 0.15) is 5.84 Å². The zero-order valence-electron chi connectivity index (χ0n) is 8.46. The summed E-state index contributed by atoms with van der Waals surface area (Å²) in [6, 6.07) is 8.31. The normalized spacial score (nSPS) is 16.1. The molecule has 0 unspecified atom stereocenters. The highest BCUT2D eigenvalue weighted by atomic mass is 15.0. The number of amidine groups is 1. The van der Waals surface area contributed by atoms with E-state index in [-0.39, 0.29) is 0 Å². The van der Waals surface area contributed by atoms with E-state index in [9.17, 15) is 0 Å². The number of fused-ring (bicyclic) bond motifs is 1. The van der Waals surface area contributed by atoms with Crippen molar-refractivity contribution in [3.05, 3.63) is 36.0 Å². The molecule has 76 valence electrons. The molecular formula is C12H13N3. The third-order valence-electron chi connectivity index (χ3n) is 2.74. The molecule has 0 amide bonds. The SMILES string of the molecule is c1ccc2c(C3=NCCCN3)c[nH]c2c1. The maximum absolute atomic E-state index is 4.51. The van der Waals surface area contributed by atoms with Gasteiger partial charge in [-0.2, -0.15) is 0 Å². The van der Waals surface area contributed by atoms with Crippen molar-refractivity contribution in [2.45, 2.75) is 6.42 Å². The Bertz CT molecular complexity index is 510. The Morgan fingerprint density at radius 1 is 1.20 bits per heavy atom. The minimum absolute atomic E-state index is 0.932. The van der Waals surface area contributed by atoms with Gasteiger partial charge in [-0.3, -0.25) is 4.99 Å². The second kappa shape index (κ2) is 3.42. The number of hydrogen-bond donors (Lipinski definition) is 2. The van der Waals surface area contributed by atoms with Crippen LogP contribution in [-0.4, -0.2) is 23.9 Å². The van der Waals surface area contributed by atoms with Gasteiger partial charge in [0.15, 0.2) is 0 Å². The van der Waals surface area contributed by atoms with Gasteiger partial charge in [-0.1, -0.05) is 18.2 Å². The maximum atomic E-state index is 4.51. The minimum Gasteiger partial charge on any atom is -0.370 e. The molecule has 2 heterocycles. The number of hydrogen-bond acceptors (Lipinski definition) is 2. The summed E-state index contributed by atoms with van der Waals surface area (Å²) in [5.74, 6) is 1.03. The first-order chi connectivity index (χ1) is 7.45. The van der Waals surface area contributed by atoms with Crippen molar-refractivity contribution >= 4 is 16.7 Å². The lowest BCUT2D eigenvalue weighted by atomic mass is 10.1. The fourth-order valence-corrected chi connectivity index (χ4v) is 1.98. The summed E-state index contributed by atoms with van der Waals surface area (Å²) >= 11 is 0. The number of rotatable bonds is 1.